The van der Waals surface area contributed by atoms with Crippen LogP contribution in [0, 0.1) is 5.92 Å². The van der Waals surface area contributed by atoms with E-state index in [9.17, 15) is 0 Å². The molecule has 0 aromatic rings. The number of guanidine groups is 1. The van der Waals surface area contributed by atoms with E-state index < -0.39 is 0 Å². The fourth-order valence-electron chi connectivity index (χ4n) is 1.82. The molecule has 1 aliphatic rings. The zero-order chi connectivity index (χ0) is 12.5. The van der Waals surface area contributed by atoms with Gasteiger partial charge in [0.15, 0.2) is 5.96 Å². The summed E-state index contributed by atoms with van der Waals surface area (Å²) in [5, 5.41) is 6.60. The Bertz CT molecular complexity index is 232. The zero-order valence-electron chi connectivity index (χ0n) is 11.9. The Balaban J connectivity index is 0.00000289. The number of rotatable bonds is 8. The molecule has 5 heteroatoms. The van der Waals surface area contributed by atoms with Gasteiger partial charge >= 0.3 is 0 Å². The Kier molecular flexibility index (Phi) is 10.8. The Hall–Kier alpha value is -0.0400. The van der Waals surface area contributed by atoms with Crippen LogP contribution in [0.15, 0.2) is 4.99 Å². The number of methoxy groups -OCH3 is 1. The highest BCUT2D eigenvalue weighted by Gasteiger charge is 2.19. The average molecular weight is 369 g/mol. The second-order valence-corrected chi connectivity index (χ2v) is 4.85. The zero-order valence-corrected chi connectivity index (χ0v) is 14.2. The quantitative estimate of drug-likeness (QED) is 0.299. The lowest BCUT2D eigenvalue weighted by molar-refractivity contribution is 0.179. The number of nitrogens with one attached hydrogen (secondary N) is 2. The fourth-order valence-corrected chi connectivity index (χ4v) is 1.82. The van der Waals surface area contributed by atoms with Crippen LogP contribution in [-0.2, 0) is 4.74 Å². The predicted octanol–water partition coefficient (Wildman–Crippen LogP) is 2.38. The van der Waals surface area contributed by atoms with Gasteiger partial charge in [-0.1, -0.05) is 12.8 Å². The van der Waals surface area contributed by atoms with Crippen LogP contribution < -0.4 is 10.6 Å². The third-order valence-electron chi connectivity index (χ3n) is 2.88. The molecule has 1 aliphatic carbocycles. The van der Waals surface area contributed by atoms with Crippen molar-refractivity contribution in [2.75, 3.05) is 26.8 Å². The maximum Gasteiger partial charge on any atom is 0.191 e. The van der Waals surface area contributed by atoms with Crippen molar-refractivity contribution >= 4 is 29.9 Å². The van der Waals surface area contributed by atoms with Crippen molar-refractivity contribution in [1.82, 2.24) is 10.6 Å². The van der Waals surface area contributed by atoms with Gasteiger partial charge in [0.2, 0.25) is 0 Å². The van der Waals surface area contributed by atoms with Gasteiger partial charge in [0.05, 0.1) is 6.61 Å². The smallest absolute Gasteiger partial charge is 0.191 e. The average Bonchev–Trinajstić information content (AvgIpc) is 3.08. The summed E-state index contributed by atoms with van der Waals surface area (Å²) >= 11 is 0. The molecule has 18 heavy (non-hydrogen) atoms. The topological polar surface area (TPSA) is 45.7 Å². The third-order valence-corrected chi connectivity index (χ3v) is 2.88. The summed E-state index contributed by atoms with van der Waals surface area (Å²) in [5.74, 6) is 1.92. The summed E-state index contributed by atoms with van der Waals surface area (Å²) in [6.07, 6.45) is 5.43. The van der Waals surface area contributed by atoms with E-state index >= 15 is 0 Å². The minimum absolute atomic E-state index is 0. The van der Waals surface area contributed by atoms with E-state index in [4.69, 9.17) is 4.74 Å². The molecule has 0 aromatic heterocycles. The standard InChI is InChI=1S/C13H27N3O.HI/c1-4-14-13(16-11(2)10-17-3)15-9-5-6-12-7-8-12;/h11-12H,4-10H2,1-3H3,(H2,14,15,16);1H. The van der Waals surface area contributed by atoms with Crippen molar-refractivity contribution in [3.8, 4) is 0 Å². The van der Waals surface area contributed by atoms with Crippen LogP contribution in [0.4, 0.5) is 0 Å². The first kappa shape index (κ1) is 18.0. The molecule has 1 rings (SSSR count). The van der Waals surface area contributed by atoms with Gasteiger partial charge < -0.3 is 15.4 Å². The van der Waals surface area contributed by atoms with Gasteiger partial charge in [-0.3, -0.25) is 4.99 Å². The normalized spacial score (nSPS) is 16.9. The molecule has 0 aromatic carbocycles. The highest BCUT2D eigenvalue weighted by atomic mass is 127. The molecule has 0 saturated heterocycles. The van der Waals surface area contributed by atoms with Gasteiger partial charge in [0.25, 0.3) is 0 Å². The number of hydrogen-bond acceptors (Lipinski definition) is 2. The summed E-state index contributed by atoms with van der Waals surface area (Å²) < 4.78 is 5.10. The Labute approximate surface area is 128 Å². The lowest BCUT2D eigenvalue weighted by Crippen LogP contribution is -2.44. The highest BCUT2D eigenvalue weighted by Crippen LogP contribution is 2.33. The SMILES string of the molecule is CCNC(=NCCCC1CC1)NC(C)COC.I. The number of hydrogen-bond donors (Lipinski definition) is 2. The van der Waals surface area contributed by atoms with E-state index in [-0.39, 0.29) is 24.0 Å². The fraction of sp³-hybridized carbons (Fsp3) is 0.923. The summed E-state index contributed by atoms with van der Waals surface area (Å²) in [5.41, 5.74) is 0. The third kappa shape index (κ3) is 8.97. The minimum Gasteiger partial charge on any atom is -0.383 e. The van der Waals surface area contributed by atoms with Gasteiger partial charge in [-0.15, -0.1) is 24.0 Å². The number of ether oxygens (including phenoxy) is 1. The molecule has 1 fully saturated rings. The number of aliphatic imine (C=N–C) groups is 1. The Morgan fingerprint density at radius 3 is 2.72 bits per heavy atom. The van der Waals surface area contributed by atoms with Gasteiger partial charge in [0, 0.05) is 26.2 Å². The van der Waals surface area contributed by atoms with Gasteiger partial charge in [-0.05, 0) is 32.6 Å². The lowest BCUT2D eigenvalue weighted by atomic mass is 10.2. The summed E-state index contributed by atoms with van der Waals surface area (Å²) in [4.78, 5) is 4.57. The van der Waals surface area contributed by atoms with Crippen LogP contribution in [0.1, 0.15) is 39.5 Å². The van der Waals surface area contributed by atoms with Crippen LogP contribution >= 0.6 is 24.0 Å². The summed E-state index contributed by atoms with van der Waals surface area (Å²) in [6.45, 7) is 6.70. The van der Waals surface area contributed by atoms with Crippen LogP contribution in [0.2, 0.25) is 0 Å². The number of nitrogens with zero attached hydrogens (tertiary/aromatic N) is 1. The molecular weight excluding hydrogens is 341 g/mol. The Morgan fingerprint density at radius 2 is 2.17 bits per heavy atom. The molecule has 0 bridgehead atoms. The second-order valence-electron chi connectivity index (χ2n) is 4.85. The predicted molar refractivity (Wildman–Crippen MR) is 87.8 cm³/mol. The molecule has 0 spiro atoms. The van der Waals surface area contributed by atoms with Gasteiger partial charge in [0.1, 0.15) is 0 Å². The van der Waals surface area contributed by atoms with Crippen molar-refractivity contribution in [2.24, 2.45) is 10.9 Å². The van der Waals surface area contributed by atoms with Crippen molar-refractivity contribution in [2.45, 2.75) is 45.6 Å². The van der Waals surface area contributed by atoms with Crippen molar-refractivity contribution in [3.05, 3.63) is 0 Å². The van der Waals surface area contributed by atoms with Crippen LogP contribution in [-0.4, -0.2) is 38.8 Å². The molecule has 4 nitrogen and oxygen atoms in total. The molecule has 1 saturated carbocycles. The van der Waals surface area contributed by atoms with Crippen LogP contribution in [0.5, 0.6) is 0 Å². The molecule has 0 amide bonds. The first-order valence-corrected chi connectivity index (χ1v) is 6.80. The first-order valence-electron chi connectivity index (χ1n) is 6.80. The molecule has 108 valence electrons. The number of halogens is 1. The van der Waals surface area contributed by atoms with Crippen LogP contribution in [0.3, 0.4) is 0 Å². The van der Waals surface area contributed by atoms with Gasteiger partial charge in [-0.25, -0.2) is 0 Å². The molecule has 2 N–H and O–H groups in total. The molecule has 0 radical (unpaired) electrons. The van der Waals surface area contributed by atoms with Gasteiger partial charge in [-0.2, -0.15) is 0 Å². The van der Waals surface area contributed by atoms with E-state index in [1.807, 2.05) is 0 Å². The van der Waals surface area contributed by atoms with E-state index in [0.29, 0.717) is 12.6 Å². The van der Waals surface area contributed by atoms with Crippen molar-refractivity contribution < 1.29 is 4.74 Å². The highest BCUT2D eigenvalue weighted by molar-refractivity contribution is 14.0. The molecule has 1 atom stereocenters. The maximum absolute atomic E-state index is 5.10. The monoisotopic (exact) mass is 369 g/mol. The second kappa shape index (κ2) is 10.8. The summed E-state index contributed by atoms with van der Waals surface area (Å²) in [7, 11) is 1.72. The van der Waals surface area contributed by atoms with E-state index in [2.05, 4.69) is 29.5 Å². The van der Waals surface area contributed by atoms with Crippen molar-refractivity contribution in [1.29, 1.82) is 0 Å². The van der Waals surface area contributed by atoms with E-state index in [1.54, 1.807) is 7.11 Å². The molecule has 0 aliphatic heterocycles. The largest absolute Gasteiger partial charge is 0.383 e. The van der Waals surface area contributed by atoms with Crippen LogP contribution in [0.25, 0.3) is 0 Å². The Morgan fingerprint density at radius 1 is 1.44 bits per heavy atom. The van der Waals surface area contributed by atoms with E-state index in [1.165, 1.54) is 25.7 Å². The maximum atomic E-state index is 5.10. The lowest BCUT2D eigenvalue weighted by Gasteiger charge is -2.16. The molecule has 1 unspecified atom stereocenters. The minimum atomic E-state index is 0. The summed E-state index contributed by atoms with van der Waals surface area (Å²) in [6, 6.07) is 0.293. The molecule has 0 heterocycles. The molecular formula is C13H28IN3O. The first-order chi connectivity index (χ1) is 8.26. The van der Waals surface area contributed by atoms with Crippen molar-refractivity contribution in [3.63, 3.8) is 0 Å². The van der Waals surface area contributed by atoms with E-state index in [0.717, 1.165) is 25.0 Å².